The fraction of sp³-hybridized carbons (Fsp3) is 0.0400. The van der Waals surface area contributed by atoms with Crippen LogP contribution in [0.15, 0.2) is 93.8 Å². The first kappa shape index (κ1) is 23.4. The molecule has 0 radical (unpaired) electrons. The number of aromatic nitrogens is 1. The second kappa shape index (κ2) is 9.63. The Morgan fingerprint density at radius 2 is 1.65 bits per heavy atom. The largest absolute Gasteiger partial charge is 0.456 e. The predicted molar refractivity (Wildman–Crippen MR) is 124 cm³/mol. The average Bonchev–Trinajstić information content (AvgIpc) is 2.82. The Balaban J connectivity index is 1.54. The van der Waals surface area contributed by atoms with E-state index in [2.05, 4.69) is 11.1 Å². The highest BCUT2D eigenvalue weighted by molar-refractivity contribution is 7.99. The van der Waals surface area contributed by atoms with Gasteiger partial charge in [0.05, 0.1) is 16.7 Å². The molecule has 0 aliphatic heterocycles. The van der Waals surface area contributed by atoms with E-state index in [4.69, 9.17) is 4.74 Å². The van der Waals surface area contributed by atoms with Crippen LogP contribution in [0.3, 0.4) is 0 Å². The molecule has 9 heteroatoms. The number of pyridine rings is 1. The molecule has 0 amide bonds. The van der Waals surface area contributed by atoms with Gasteiger partial charge in [-0.25, -0.2) is 17.2 Å². The minimum Gasteiger partial charge on any atom is -0.456 e. The van der Waals surface area contributed by atoms with Crippen LogP contribution in [0.5, 0.6) is 11.5 Å². The van der Waals surface area contributed by atoms with E-state index < -0.39 is 21.5 Å². The van der Waals surface area contributed by atoms with Crippen molar-refractivity contribution in [3.63, 3.8) is 0 Å². The lowest BCUT2D eigenvalue weighted by atomic mass is 10.1. The van der Waals surface area contributed by atoms with Crippen molar-refractivity contribution in [1.82, 2.24) is 4.98 Å². The molecule has 1 heterocycles. The van der Waals surface area contributed by atoms with Crippen molar-refractivity contribution >= 4 is 21.6 Å². The van der Waals surface area contributed by atoms with Crippen LogP contribution in [0.25, 0.3) is 11.1 Å². The summed E-state index contributed by atoms with van der Waals surface area (Å²) in [5.74, 6) is -1.13. The summed E-state index contributed by atoms with van der Waals surface area (Å²) in [5.41, 5.74) is 1.37. The predicted octanol–water partition coefficient (Wildman–Crippen LogP) is 6.25. The third-order valence-corrected chi connectivity index (χ3v) is 6.97. The van der Waals surface area contributed by atoms with Gasteiger partial charge in [0.2, 0.25) is 0 Å². The van der Waals surface area contributed by atoms with Gasteiger partial charge in [-0.1, -0.05) is 17.8 Å². The molecule has 0 spiro atoms. The van der Waals surface area contributed by atoms with Gasteiger partial charge in [-0.15, -0.1) is 0 Å². The molecule has 34 heavy (non-hydrogen) atoms. The topological polar surface area (TPSA) is 80.1 Å². The van der Waals surface area contributed by atoms with E-state index in [9.17, 15) is 22.5 Å². The summed E-state index contributed by atoms with van der Waals surface area (Å²) < 4.78 is 55.9. The molecule has 4 aromatic rings. The molecule has 0 fully saturated rings. The molecule has 170 valence electrons. The Labute approximate surface area is 199 Å². The Morgan fingerprint density at radius 1 is 0.882 bits per heavy atom. The maximum Gasteiger partial charge on any atom is 0.175 e. The molecule has 3 aromatic carbocycles. The van der Waals surface area contributed by atoms with Crippen LogP contribution in [0.2, 0.25) is 0 Å². The first-order valence-electron chi connectivity index (χ1n) is 9.83. The van der Waals surface area contributed by atoms with Crippen molar-refractivity contribution in [1.29, 1.82) is 5.26 Å². The number of ether oxygens (including phenoxy) is 1. The van der Waals surface area contributed by atoms with Gasteiger partial charge < -0.3 is 4.74 Å². The maximum atomic E-state index is 13.6. The summed E-state index contributed by atoms with van der Waals surface area (Å²) in [7, 11) is -3.28. The number of nitriles is 1. The van der Waals surface area contributed by atoms with Gasteiger partial charge in [0, 0.05) is 27.8 Å². The van der Waals surface area contributed by atoms with E-state index in [1.165, 1.54) is 42.4 Å². The average molecular weight is 495 g/mol. The number of rotatable bonds is 6. The first-order chi connectivity index (χ1) is 16.2. The minimum absolute atomic E-state index is 0.223. The van der Waals surface area contributed by atoms with Gasteiger partial charge in [0.15, 0.2) is 21.5 Å². The summed E-state index contributed by atoms with van der Waals surface area (Å²) in [6.07, 6.45) is 4.13. The van der Waals surface area contributed by atoms with Gasteiger partial charge in [-0.2, -0.15) is 5.26 Å². The fourth-order valence-electron chi connectivity index (χ4n) is 3.08. The Hall–Kier alpha value is -3.74. The molecule has 1 aromatic heterocycles. The molecular formula is C25H16F2N2O3S2. The molecule has 0 atom stereocenters. The highest BCUT2D eigenvalue weighted by Gasteiger charge is 2.11. The van der Waals surface area contributed by atoms with Crippen LogP contribution in [0, 0.1) is 23.0 Å². The van der Waals surface area contributed by atoms with Crippen LogP contribution in [-0.2, 0) is 9.84 Å². The molecule has 0 N–H and O–H groups in total. The molecule has 0 saturated carbocycles. The normalized spacial score (nSPS) is 11.1. The van der Waals surface area contributed by atoms with E-state index in [1.54, 1.807) is 36.4 Å². The summed E-state index contributed by atoms with van der Waals surface area (Å²) in [5, 5.41) is 9.60. The van der Waals surface area contributed by atoms with E-state index in [-0.39, 0.29) is 4.90 Å². The zero-order valence-corrected chi connectivity index (χ0v) is 19.3. The second-order valence-corrected chi connectivity index (χ2v) is 10.4. The standard InChI is InChI=1S/C25H16F2N2O3S2/c1-34(30,31)22-6-4-21(5-7-22)33-25-9-3-19(10-17(25)13-28)32-20-11-18(14-29-15-20)16-2-8-23(26)24(27)12-16/h2-12,14-15H,1H3. The molecular weight excluding hydrogens is 478 g/mol. The van der Waals surface area contributed by atoms with E-state index >= 15 is 0 Å². The Bertz CT molecular complexity index is 1520. The number of sulfone groups is 1. The number of hydrogen-bond acceptors (Lipinski definition) is 6. The third kappa shape index (κ3) is 5.42. The second-order valence-electron chi connectivity index (χ2n) is 7.26. The molecule has 4 rings (SSSR count). The fourth-order valence-corrected chi connectivity index (χ4v) is 4.58. The quantitative estimate of drug-likeness (QED) is 0.315. The van der Waals surface area contributed by atoms with Crippen LogP contribution in [0.4, 0.5) is 8.78 Å². The number of benzene rings is 3. The monoisotopic (exact) mass is 494 g/mol. The maximum absolute atomic E-state index is 13.6. The summed E-state index contributed by atoms with van der Waals surface area (Å²) in [6.45, 7) is 0. The van der Waals surface area contributed by atoms with Crippen molar-refractivity contribution in [3.8, 4) is 28.7 Å². The zero-order valence-electron chi connectivity index (χ0n) is 17.7. The molecule has 0 unspecified atom stereocenters. The van der Waals surface area contributed by atoms with Crippen molar-refractivity contribution in [2.45, 2.75) is 14.7 Å². The lowest BCUT2D eigenvalue weighted by Gasteiger charge is -2.10. The van der Waals surface area contributed by atoms with Crippen molar-refractivity contribution in [3.05, 3.63) is 96.3 Å². The summed E-state index contributed by atoms with van der Waals surface area (Å²) in [6, 6.07) is 18.8. The van der Waals surface area contributed by atoms with Crippen LogP contribution < -0.4 is 4.74 Å². The van der Waals surface area contributed by atoms with Gasteiger partial charge in [0.25, 0.3) is 0 Å². The van der Waals surface area contributed by atoms with Crippen molar-refractivity contribution in [2.75, 3.05) is 6.26 Å². The van der Waals surface area contributed by atoms with Gasteiger partial charge in [0.1, 0.15) is 17.6 Å². The molecule has 0 aliphatic carbocycles. The van der Waals surface area contributed by atoms with Gasteiger partial charge in [-0.3, -0.25) is 4.98 Å². The third-order valence-electron chi connectivity index (χ3n) is 4.75. The summed E-state index contributed by atoms with van der Waals surface area (Å²) >= 11 is 1.32. The minimum atomic E-state index is -3.28. The molecule has 0 saturated heterocycles. The van der Waals surface area contributed by atoms with E-state index in [1.807, 2.05) is 0 Å². The smallest absolute Gasteiger partial charge is 0.175 e. The van der Waals surface area contributed by atoms with Crippen molar-refractivity contribution < 1.29 is 21.9 Å². The highest BCUT2D eigenvalue weighted by Crippen LogP contribution is 2.34. The number of hydrogen-bond donors (Lipinski definition) is 0. The Morgan fingerprint density at radius 3 is 2.32 bits per heavy atom. The van der Waals surface area contributed by atoms with Crippen LogP contribution in [0.1, 0.15) is 5.56 Å². The van der Waals surface area contributed by atoms with Gasteiger partial charge >= 0.3 is 0 Å². The SMILES string of the molecule is CS(=O)(=O)c1ccc(Sc2ccc(Oc3cncc(-c4ccc(F)c(F)c4)c3)cc2C#N)cc1. The van der Waals surface area contributed by atoms with Crippen molar-refractivity contribution in [2.24, 2.45) is 0 Å². The lowest BCUT2D eigenvalue weighted by molar-refractivity contribution is 0.480. The van der Waals surface area contributed by atoms with Crippen LogP contribution in [-0.4, -0.2) is 19.7 Å². The number of halogens is 2. The highest BCUT2D eigenvalue weighted by atomic mass is 32.2. The van der Waals surface area contributed by atoms with E-state index in [0.717, 1.165) is 23.3 Å². The molecule has 0 aliphatic rings. The summed E-state index contributed by atoms with van der Waals surface area (Å²) in [4.78, 5) is 5.77. The zero-order chi connectivity index (χ0) is 24.3. The van der Waals surface area contributed by atoms with E-state index in [0.29, 0.717) is 33.1 Å². The molecule has 0 bridgehead atoms. The Kier molecular flexibility index (Phi) is 6.63. The molecule has 5 nitrogen and oxygen atoms in total. The van der Waals surface area contributed by atoms with Crippen LogP contribution >= 0.6 is 11.8 Å². The first-order valence-corrected chi connectivity index (χ1v) is 12.5. The van der Waals surface area contributed by atoms with Gasteiger partial charge in [-0.05, 0) is 66.2 Å². The lowest BCUT2D eigenvalue weighted by Crippen LogP contribution is -1.96. The number of nitrogens with zero attached hydrogens (tertiary/aromatic N) is 2.